The van der Waals surface area contributed by atoms with Crippen molar-refractivity contribution in [3.8, 4) is 0 Å². The number of esters is 1. The third-order valence-electron chi connectivity index (χ3n) is 4.06. The van der Waals surface area contributed by atoms with E-state index >= 15 is 0 Å². The highest BCUT2D eigenvalue weighted by atomic mass is 16.5. The van der Waals surface area contributed by atoms with Crippen LogP contribution in [0.5, 0.6) is 0 Å². The van der Waals surface area contributed by atoms with Gasteiger partial charge in [0.1, 0.15) is 0 Å². The highest BCUT2D eigenvalue weighted by molar-refractivity contribution is 6.36. The molecule has 0 atom stereocenters. The Bertz CT molecular complexity index is 351. The van der Waals surface area contributed by atoms with E-state index in [0.717, 1.165) is 25.7 Å². The minimum absolute atomic E-state index is 0.135. The van der Waals surface area contributed by atoms with Crippen molar-refractivity contribution in [1.82, 2.24) is 0 Å². The molecule has 1 N–H and O–H groups in total. The van der Waals surface area contributed by atoms with Crippen molar-refractivity contribution in [3.63, 3.8) is 0 Å². The zero-order valence-corrected chi connectivity index (χ0v) is 15.8. The van der Waals surface area contributed by atoms with Gasteiger partial charge in [-0.1, -0.05) is 69.2 Å². The Morgan fingerprint density at radius 1 is 0.875 bits per heavy atom. The highest BCUT2D eigenvalue weighted by Gasteiger charge is 2.12. The van der Waals surface area contributed by atoms with Gasteiger partial charge in [-0.05, 0) is 39.0 Å². The number of unbranched alkanes of at least 4 members (excludes halogenated alkanes) is 10. The Hall–Kier alpha value is -1.32. The molecule has 0 saturated heterocycles. The van der Waals surface area contributed by atoms with Crippen molar-refractivity contribution in [2.75, 3.05) is 6.61 Å². The lowest BCUT2D eigenvalue weighted by molar-refractivity contribution is -0.135. The summed E-state index contributed by atoms with van der Waals surface area (Å²) in [6.07, 6.45) is 19.8. The van der Waals surface area contributed by atoms with Gasteiger partial charge < -0.3 is 9.94 Å². The lowest BCUT2D eigenvalue weighted by Gasteiger charge is -2.03. The largest absolute Gasteiger partial charge is 0.461 e. The Kier molecular flexibility index (Phi) is 17.0. The zero-order valence-electron chi connectivity index (χ0n) is 15.8. The third-order valence-corrected chi connectivity index (χ3v) is 4.06. The molecule has 140 valence electrons. The fourth-order valence-corrected chi connectivity index (χ4v) is 2.59. The van der Waals surface area contributed by atoms with Gasteiger partial charge in [0.05, 0.1) is 6.61 Å². The van der Waals surface area contributed by atoms with Crippen LogP contribution < -0.4 is 0 Å². The Balaban J connectivity index is 3.41. The summed E-state index contributed by atoms with van der Waals surface area (Å²) in [6.45, 7) is 4.30. The van der Waals surface area contributed by atoms with Crippen molar-refractivity contribution in [2.24, 2.45) is 5.16 Å². The van der Waals surface area contributed by atoms with E-state index in [4.69, 9.17) is 9.94 Å². The summed E-state index contributed by atoms with van der Waals surface area (Å²) in [5.41, 5.74) is 0.135. The zero-order chi connectivity index (χ0) is 17.9. The molecule has 0 bridgehead atoms. The van der Waals surface area contributed by atoms with Gasteiger partial charge in [0.2, 0.25) is 0 Å². The maximum atomic E-state index is 11.4. The molecule has 0 radical (unpaired) electrons. The number of carbonyl (C=O) groups is 1. The molecule has 0 aliphatic heterocycles. The maximum absolute atomic E-state index is 11.4. The summed E-state index contributed by atoms with van der Waals surface area (Å²) in [7, 11) is 0. The van der Waals surface area contributed by atoms with Crippen molar-refractivity contribution in [2.45, 2.75) is 97.3 Å². The first kappa shape index (κ1) is 22.7. The van der Waals surface area contributed by atoms with E-state index in [1.807, 2.05) is 0 Å². The van der Waals surface area contributed by atoms with Crippen LogP contribution >= 0.6 is 0 Å². The average molecular weight is 340 g/mol. The minimum atomic E-state index is -0.502. The first-order valence-electron chi connectivity index (χ1n) is 9.79. The van der Waals surface area contributed by atoms with Crippen molar-refractivity contribution in [3.05, 3.63) is 12.2 Å². The molecule has 0 aromatic carbocycles. The third kappa shape index (κ3) is 14.3. The molecule has 0 aliphatic carbocycles. The normalized spacial score (nSPS) is 12.0. The summed E-state index contributed by atoms with van der Waals surface area (Å²) >= 11 is 0. The van der Waals surface area contributed by atoms with E-state index in [0.29, 0.717) is 13.0 Å². The summed E-state index contributed by atoms with van der Waals surface area (Å²) in [5, 5.41) is 11.8. The van der Waals surface area contributed by atoms with Crippen LogP contribution in [0.3, 0.4) is 0 Å². The lowest BCUT2D eigenvalue weighted by Crippen LogP contribution is -2.17. The molecule has 0 spiro atoms. The van der Waals surface area contributed by atoms with Crippen LogP contribution in [0.1, 0.15) is 97.3 Å². The fraction of sp³-hybridized carbons (Fsp3) is 0.800. The van der Waals surface area contributed by atoms with Crippen LogP contribution in [-0.2, 0) is 9.53 Å². The monoisotopic (exact) mass is 339 g/mol. The molecule has 24 heavy (non-hydrogen) atoms. The molecule has 0 rings (SSSR count). The molecule has 0 unspecified atom stereocenters. The second-order valence-electron chi connectivity index (χ2n) is 6.25. The maximum Gasteiger partial charge on any atom is 0.356 e. The van der Waals surface area contributed by atoms with Gasteiger partial charge in [0, 0.05) is 6.42 Å². The van der Waals surface area contributed by atoms with Crippen LogP contribution in [0.25, 0.3) is 0 Å². The van der Waals surface area contributed by atoms with E-state index in [2.05, 4.69) is 24.2 Å². The van der Waals surface area contributed by atoms with Gasteiger partial charge in [-0.15, -0.1) is 0 Å². The van der Waals surface area contributed by atoms with Gasteiger partial charge in [0.25, 0.3) is 0 Å². The summed E-state index contributed by atoms with van der Waals surface area (Å²) in [5.74, 6) is -0.502. The van der Waals surface area contributed by atoms with E-state index in [9.17, 15) is 4.79 Å². The Morgan fingerprint density at radius 3 is 1.96 bits per heavy atom. The molecular weight excluding hydrogens is 302 g/mol. The highest BCUT2D eigenvalue weighted by Crippen LogP contribution is 2.09. The molecule has 0 aromatic rings. The lowest BCUT2D eigenvalue weighted by atomic mass is 10.1. The number of nitrogens with zero attached hydrogens (tertiary/aromatic N) is 1. The molecule has 4 heteroatoms. The SMILES string of the molecule is CCCCCCCC/C=C/CCCCCC/C(=N\O)C(=O)OCC. The summed E-state index contributed by atoms with van der Waals surface area (Å²) in [6, 6.07) is 0. The van der Waals surface area contributed by atoms with E-state index in [1.165, 1.54) is 51.4 Å². The molecule has 0 aromatic heterocycles. The molecule has 0 amide bonds. The predicted octanol–water partition coefficient (Wildman–Crippen LogP) is 6.03. The van der Waals surface area contributed by atoms with Crippen molar-refractivity contribution < 1.29 is 14.7 Å². The van der Waals surface area contributed by atoms with E-state index in [-0.39, 0.29) is 5.71 Å². The number of oxime groups is 1. The number of ether oxygens (including phenoxy) is 1. The number of carbonyl (C=O) groups excluding carboxylic acids is 1. The average Bonchev–Trinajstić information content (AvgIpc) is 2.58. The molecular formula is C20H37NO3. The van der Waals surface area contributed by atoms with Gasteiger partial charge in [0.15, 0.2) is 5.71 Å². The van der Waals surface area contributed by atoms with Gasteiger partial charge >= 0.3 is 5.97 Å². The molecule has 0 heterocycles. The summed E-state index contributed by atoms with van der Waals surface area (Å²) in [4.78, 5) is 11.4. The molecule has 4 nitrogen and oxygen atoms in total. The summed E-state index contributed by atoms with van der Waals surface area (Å²) < 4.78 is 4.83. The number of rotatable bonds is 16. The van der Waals surface area contributed by atoms with E-state index < -0.39 is 5.97 Å². The number of allylic oxidation sites excluding steroid dienone is 2. The van der Waals surface area contributed by atoms with Crippen molar-refractivity contribution >= 4 is 11.7 Å². The topological polar surface area (TPSA) is 58.9 Å². The van der Waals surface area contributed by atoms with Crippen molar-refractivity contribution in [1.29, 1.82) is 0 Å². The first-order valence-corrected chi connectivity index (χ1v) is 9.79. The van der Waals surface area contributed by atoms with Crippen LogP contribution in [0, 0.1) is 0 Å². The first-order chi connectivity index (χ1) is 11.8. The number of hydrogen-bond acceptors (Lipinski definition) is 4. The molecule has 0 saturated carbocycles. The van der Waals surface area contributed by atoms with Crippen LogP contribution in [0.4, 0.5) is 0 Å². The fourth-order valence-electron chi connectivity index (χ4n) is 2.59. The van der Waals surface area contributed by atoms with Crippen LogP contribution in [0.2, 0.25) is 0 Å². The van der Waals surface area contributed by atoms with Gasteiger partial charge in [-0.3, -0.25) is 0 Å². The van der Waals surface area contributed by atoms with Gasteiger partial charge in [-0.25, -0.2) is 4.79 Å². The van der Waals surface area contributed by atoms with E-state index in [1.54, 1.807) is 6.92 Å². The van der Waals surface area contributed by atoms with Gasteiger partial charge in [-0.2, -0.15) is 0 Å². The second-order valence-corrected chi connectivity index (χ2v) is 6.25. The molecule has 0 fully saturated rings. The Labute approximate surface area is 148 Å². The smallest absolute Gasteiger partial charge is 0.356 e. The minimum Gasteiger partial charge on any atom is -0.461 e. The van der Waals surface area contributed by atoms with Crippen LogP contribution in [-0.4, -0.2) is 23.5 Å². The Morgan fingerprint density at radius 2 is 1.42 bits per heavy atom. The number of hydrogen-bond donors (Lipinski definition) is 1. The second kappa shape index (κ2) is 18.0. The quantitative estimate of drug-likeness (QED) is 0.0933. The standard InChI is InChI=1S/C20H37NO3/c1-3-5-6-7-8-9-10-11-12-13-14-15-16-17-18-19(21-23)20(22)24-4-2/h11-12,23H,3-10,13-18H2,1-2H3/b12-11+,21-19+. The van der Waals surface area contributed by atoms with Crippen LogP contribution in [0.15, 0.2) is 17.3 Å². The predicted molar refractivity (Wildman–Crippen MR) is 101 cm³/mol. The molecule has 0 aliphatic rings.